The Hall–Kier alpha value is -1.79. The third-order valence-electron chi connectivity index (χ3n) is 2.26. The van der Waals surface area contributed by atoms with E-state index >= 15 is 0 Å². The summed E-state index contributed by atoms with van der Waals surface area (Å²) in [5, 5.41) is 11.3. The van der Waals surface area contributed by atoms with E-state index in [1.807, 2.05) is 0 Å². The number of likely N-dealkylation sites (N-methyl/N-ethyl adjacent to an activating group) is 1. The van der Waals surface area contributed by atoms with Crippen molar-refractivity contribution in [2.75, 3.05) is 20.2 Å². The standard InChI is InChI=1S/C11H20N2O5/c1-5-13(7-9(16)18-4)10(17)12-11(2,3)6-8(14)15/h5-7H2,1-4H3,(H,12,17)(H,14,15). The van der Waals surface area contributed by atoms with Gasteiger partial charge in [0, 0.05) is 12.1 Å². The van der Waals surface area contributed by atoms with Crippen LogP contribution in [0.4, 0.5) is 4.79 Å². The van der Waals surface area contributed by atoms with Gasteiger partial charge in [0.25, 0.3) is 0 Å². The zero-order valence-corrected chi connectivity index (χ0v) is 11.1. The second-order valence-electron chi connectivity index (χ2n) is 4.47. The second kappa shape index (κ2) is 6.83. The summed E-state index contributed by atoms with van der Waals surface area (Å²) in [6, 6.07) is -0.492. The van der Waals surface area contributed by atoms with Gasteiger partial charge in [-0.15, -0.1) is 0 Å². The molecule has 0 saturated carbocycles. The highest BCUT2D eigenvalue weighted by Gasteiger charge is 2.26. The number of hydrogen-bond donors (Lipinski definition) is 2. The molecule has 0 rings (SSSR count). The van der Waals surface area contributed by atoms with Crippen LogP contribution in [0.2, 0.25) is 0 Å². The predicted octanol–water partition coefficient (Wildman–Crippen LogP) is 0.444. The van der Waals surface area contributed by atoms with Gasteiger partial charge in [0.05, 0.1) is 13.5 Å². The molecule has 0 aromatic carbocycles. The summed E-state index contributed by atoms with van der Waals surface area (Å²) in [5.74, 6) is -1.53. The van der Waals surface area contributed by atoms with E-state index in [4.69, 9.17) is 5.11 Å². The van der Waals surface area contributed by atoms with Gasteiger partial charge >= 0.3 is 18.0 Å². The number of esters is 1. The van der Waals surface area contributed by atoms with E-state index in [1.54, 1.807) is 20.8 Å². The van der Waals surface area contributed by atoms with E-state index in [2.05, 4.69) is 10.1 Å². The maximum atomic E-state index is 11.8. The Kier molecular flexibility index (Phi) is 6.15. The van der Waals surface area contributed by atoms with Crippen LogP contribution in [0.5, 0.6) is 0 Å². The molecule has 2 N–H and O–H groups in total. The summed E-state index contributed by atoms with van der Waals surface area (Å²) >= 11 is 0. The van der Waals surface area contributed by atoms with Crippen LogP contribution in [0.15, 0.2) is 0 Å². The van der Waals surface area contributed by atoms with Crippen molar-refractivity contribution >= 4 is 18.0 Å². The zero-order chi connectivity index (χ0) is 14.3. The quantitative estimate of drug-likeness (QED) is 0.676. The first-order valence-corrected chi connectivity index (χ1v) is 5.57. The van der Waals surface area contributed by atoms with Gasteiger partial charge in [0.1, 0.15) is 6.54 Å². The first kappa shape index (κ1) is 16.2. The number of methoxy groups -OCH3 is 1. The molecule has 0 aliphatic rings. The highest BCUT2D eigenvalue weighted by atomic mass is 16.5. The topological polar surface area (TPSA) is 95.9 Å². The number of carboxylic acids is 1. The van der Waals surface area contributed by atoms with Crippen LogP contribution >= 0.6 is 0 Å². The fourth-order valence-electron chi connectivity index (χ4n) is 1.34. The number of hydrogen-bond acceptors (Lipinski definition) is 4. The van der Waals surface area contributed by atoms with E-state index in [0.717, 1.165) is 0 Å². The molecule has 7 nitrogen and oxygen atoms in total. The Morgan fingerprint density at radius 1 is 1.33 bits per heavy atom. The summed E-state index contributed by atoms with van der Waals surface area (Å²) in [7, 11) is 1.24. The number of aliphatic carboxylic acids is 1. The maximum Gasteiger partial charge on any atom is 0.325 e. The molecule has 0 aromatic rings. The molecule has 0 atom stereocenters. The van der Waals surface area contributed by atoms with Gasteiger partial charge in [0.15, 0.2) is 0 Å². The Bertz CT molecular complexity index is 327. The van der Waals surface area contributed by atoms with Crippen molar-refractivity contribution in [2.24, 2.45) is 0 Å². The molecule has 7 heteroatoms. The van der Waals surface area contributed by atoms with Gasteiger partial charge in [-0.2, -0.15) is 0 Å². The van der Waals surface area contributed by atoms with Gasteiger partial charge in [-0.3, -0.25) is 9.59 Å². The summed E-state index contributed by atoms with van der Waals surface area (Å²) in [6.45, 7) is 5.08. The molecule has 0 aliphatic carbocycles. The number of nitrogens with zero attached hydrogens (tertiary/aromatic N) is 1. The highest BCUT2D eigenvalue weighted by molar-refractivity contribution is 5.81. The summed E-state index contributed by atoms with van der Waals surface area (Å²) in [5.41, 5.74) is -0.882. The summed E-state index contributed by atoms with van der Waals surface area (Å²) in [4.78, 5) is 34.8. The lowest BCUT2D eigenvalue weighted by molar-refractivity contribution is -0.141. The molecule has 18 heavy (non-hydrogen) atoms. The smallest absolute Gasteiger partial charge is 0.325 e. The third-order valence-corrected chi connectivity index (χ3v) is 2.26. The van der Waals surface area contributed by atoms with E-state index < -0.39 is 23.5 Å². The van der Waals surface area contributed by atoms with Crippen molar-refractivity contribution in [1.82, 2.24) is 10.2 Å². The van der Waals surface area contributed by atoms with Crippen molar-refractivity contribution in [1.29, 1.82) is 0 Å². The number of carbonyl (C=O) groups excluding carboxylic acids is 2. The second-order valence-corrected chi connectivity index (χ2v) is 4.47. The Morgan fingerprint density at radius 2 is 1.89 bits per heavy atom. The minimum atomic E-state index is -1.00. The first-order valence-electron chi connectivity index (χ1n) is 5.57. The molecule has 0 unspecified atom stereocenters. The lowest BCUT2D eigenvalue weighted by atomic mass is 10.0. The van der Waals surface area contributed by atoms with Gasteiger partial charge < -0.3 is 20.1 Å². The number of carboxylic acid groups (broad SMARTS) is 1. The van der Waals surface area contributed by atoms with E-state index in [0.29, 0.717) is 6.54 Å². The molecule has 0 saturated heterocycles. The number of carbonyl (C=O) groups is 3. The maximum absolute atomic E-state index is 11.8. The molecule has 0 radical (unpaired) electrons. The molecule has 0 bridgehead atoms. The van der Waals surface area contributed by atoms with Crippen molar-refractivity contribution in [3.63, 3.8) is 0 Å². The third kappa shape index (κ3) is 6.07. The minimum Gasteiger partial charge on any atom is -0.481 e. The van der Waals surface area contributed by atoms with Crippen LogP contribution in [0.3, 0.4) is 0 Å². The van der Waals surface area contributed by atoms with Gasteiger partial charge in [-0.05, 0) is 20.8 Å². The van der Waals surface area contributed by atoms with Crippen LogP contribution < -0.4 is 5.32 Å². The predicted molar refractivity (Wildman–Crippen MR) is 64.1 cm³/mol. The zero-order valence-electron chi connectivity index (χ0n) is 11.1. The Labute approximate surface area is 106 Å². The van der Waals surface area contributed by atoms with E-state index in [1.165, 1.54) is 12.0 Å². The molecule has 2 amide bonds. The largest absolute Gasteiger partial charge is 0.481 e. The molecule has 0 heterocycles. The van der Waals surface area contributed by atoms with Crippen LogP contribution in [-0.4, -0.2) is 53.7 Å². The van der Waals surface area contributed by atoms with E-state index in [-0.39, 0.29) is 13.0 Å². The van der Waals surface area contributed by atoms with Crippen molar-refractivity contribution in [2.45, 2.75) is 32.7 Å². The Morgan fingerprint density at radius 3 is 2.28 bits per heavy atom. The van der Waals surface area contributed by atoms with E-state index in [9.17, 15) is 14.4 Å². The molecule has 0 aromatic heterocycles. The monoisotopic (exact) mass is 260 g/mol. The number of ether oxygens (including phenoxy) is 1. The fourth-order valence-corrected chi connectivity index (χ4v) is 1.34. The summed E-state index contributed by atoms with van der Waals surface area (Å²) < 4.78 is 4.47. The molecular weight excluding hydrogens is 240 g/mol. The minimum absolute atomic E-state index is 0.165. The van der Waals surface area contributed by atoms with Crippen LogP contribution in [-0.2, 0) is 14.3 Å². The van der Waals surface area contributed by atoms with Crippen molar-refractivity contribution < 1.29 is 24.2 Å². The molecule has 0 aliphatic heterocycles. The van der Waals surface area contributed by atoms with Crippen LogP contribution in [0.1, 0.15) is 27.2 Å². The van der Waals surface area contributed by atoms with Gasteiger partial charge in [-0.25, -0.2) is 4.79 Å². The molecule has 104 valence electrons. The lowest BCUT2D eigenvalue weighted by Gasteiger charge is -2.28. The molecular formula is C11H20N2O5. The molecule has 0 fully saturated rings. The number of nitrogens with one attached hydrogen (secondary N) is 1. The normalized spacial score (nSPS) is 10.7. The van der Waals surface area contributed by atoms with Gasteiger partial charge in [0.2, 0.25) is 0 Å². The average Bonchev–Trinajstić information content (AvgIpc) is 2.22. The SMILES string of the molecule is CCN(CC(=O)OC)C(=O)NC(C)(C)CC(=O)O. The van der Waals surface area contributed by atoms with Crippen LogP contribution in [0, 0.1) is 0 Å². The number of urea groups is 1. The fraction of sp³-hybridized carbons (Fsp3) is 0.727. The summed E-state index contributed by atoms with van der Waals surface area (Å²) in [6.07, 6.45) is -0.200. The van der Waals surface area contributed by atoms with Crippen molar-refractivity contribution in [3.05, 3.63) is 0 Å². The van der Waals surface area contributed by atoms with Gasteiger partial charge in [-0.1, -0.05) is 0 Å². The number of rotatable bonds is 6. The number of amides is 2. The molecule has 0 spiro atoms. The van der Waals surface area contributed by atoms with Crippen molar-refractivity contribution in [3.8, 4) is 0 Å². The van der Waals surface area contributed by atoms with Crippen LogP contribution in [0.25, 0.3) is 0 Å². The highest BCUT2D eigenvalue weighted by Crippen LogP contribution is 2.09. The average molecular weight is 260 g/mol. The Balaban J connectivity index is 4.52. The first-order chi connectivity index (χ1) is 8.21. The lowest BCUT2D eigenvalue weighted by Crippen LogP contribution is -2.52.